The zero-order valence-electron chi connectivity index (χ0n) is 11.7. The Bertz CT molecular complexity index is 609. The zero-order chi connectivity index (χ0) is 14.1. The summed E-state index contributed by atoms with van der Waals surface area (Å²) in [5, 5.41) is 10.4. The molecule has 106 valence electrons. The first-order chi connectivity index (χ1) is 9.65. The number of nitrogens with one attached hydrogen (secondary N) is 2. The Balaban J connectivity index is 1.88. The van der Waals surface area contributed by atoms with Gasteiger partial charge in [0.1, 0.15) is 5.82 Å². The third-order valence-corrected chi connectivity index (χ3v) is 3.57. The van der Waals surface area contributed by atoms with Gasteiger partial charge in [-0.05, 0) is 25.5 Å². The number of nitrogens with zero attached hydrogens (tertiary/aromatic N) is 3. The fourth-order valence-corrected chi connectivity index (χ4v) is 2.46. The minimum atomic E-state index is -0.246. The second-order valence-electron chi connectivity index (χ2n) is 5.22. The van der Waals surface area contributed by atoms with Gasteiger partial charge >= 0.3 is 0 Å². The number of benzene rings is 1. The van der Waals surface area contributed by atoms with Crippen LogP contribution in [0.15, 0.2) is 18.2 Å². The number of hydrogen-bond acceptors (Lipinski definition) is 4. The van der Waals surface area contributed by atoms with Crippen molar-refractivity contribution < 1.29 is 4.39 Å². The van der Waals surface area contributed by atoms with Gasteiger partial charge in [-0.15, -0.1) is 5.10 Å². The van der Waals surface area contributed by atoms with Gasteiger partial charge in [0.25, 0.3) is 0 Å². The summed E-state index contributed by atoms with van der Waals surface area (Å²) >= 11 is 0. The predicted molar refractivity (Wildman–Crippen MR) is 76.2 cm³/mol. The summed E-state index contributed by atoms with van der Waals surface area (Å²) in [6.45, 7) is 6.49. The molecule has 5 nitrogen and oxygen atoms in total. The van der Waals surface area contributed by atoms with Crippen molar-refractivity contribution >= 4 is 5.95 Å². The number of piperazine rings is 1. The quantitative estimate of drug-likeness (QED) is 0.876. The fourth-order valence-electron chi connectivity index (χ4n) is 2.46. The molecule has 6 heteroatoms. The van der Waals surface area contributed by atoms with Crippen LogP contribution in [0.5, 0.6) is 0 Å². The molecule has 1 aromatic carbocycles. The van der Waals surface area contributed by atoms with Crippen LogP contribution in [0.2, 0.25) is 0 Å². The third kappa shape index (κ3) is 2.38. The van der Waals surface area contributed by atoms with Gasteiger partial charge in [-0.3, -0.25) is 5.10 Å². The molecule has 1 aliphatic heterocycles. The normalized spacial score (nSPS) is 19.4. The Kier molecular flexibility index (Phi) is 3.40. The van der Waals surface area contributed by atoms with E-state index in [4.69, 9.17) is 0 Å². The molecule has 0 radical (unpaired) electrons. The largest absolute Gasteiger partial charge is 0.337 e. The number of anilines is 1. The Labute approximate surface area is 117 Å². The molecule has 1 fully saturated rings. The average Bonchev–Trinajstić information content (AvgIpc) is 2.91. The first-order valence-electron chi connectivity index (χ1n) is 6.81. The van der Waals surface area contributed by atoms with E-state index in [1.807, 2.05) is 6.07 Å². The van der Waals surface area contributed by atoms with E-state index in [1.165, 1.54) is 0 Å². The smallest absolute Gasteiger partial charge is 0.245 e. The number of hydrogen-bond donors (Lipinski definition) is 2. The van der Waals surface area contributed by atoms with Crippen LogP contribution < -0.4 is 10.2 Å². The van der Waals surface area contributed by atoms with Crippen molar-refractivity contribution in [1.82, 2.24) is 20.5 Å². The lowest BCUT2D eigenvalue weighted by atomic mass is 10.1. The van der Waals surface area contributed by atoms with Crippen molar-refractivity contribution in [3.05, 3.63) is 29.6 Å². The van der Waals surface area contributed by atoms with E-state index in [0.717, 1.165) is 19.6 Å². The third-order valence-electron chi connectivity index (χ3n) is 3.57. The summed E-state index contributed by atoms with van der Waals surface area (Å²) in [7, 11) is 0. The van der Waals surface area contributed by atoms with E-state index >= 15 is 0 Å². The zero-order valence-corrected chi connectivity index (χ0v) is 11.7. The summed E-state index contributed by atoms with van der Waals surface area (Å²) in [5.41, 5.74) is 1.07. The molecule has 0 unspecified atom stereocenters. The molecule has 3 rings (SSSR count). The van der Waals surface area contributed by atoms with E-state index in [0.29, 0.717) is 28.9 Å². The van der Waals surface area contributed by atoms with Crippen molar-refractivity contribution in [3.63, 3.8) is 0 Å². The molecule has 0 amide bonds. The molecular weight excluding hydrogens is 257 g/mol. The molecule has 2 aromatic rings. The molecule has 0 bridgehead atoms. The van der Waals surface area contributed by atoms with Gasteiger partial charge in [-0.25, -0.2) is 4.39 Å². The van der Waals surface area contributed by atoms with Crippen LogP contribution in [0, 0.1) is 12.7 Å². The lowest BCUT2D eigenvalue weighted by Gasteiger charge is -2.30. The van der Waals surface area contributed by atoms with Crippen molar-refractivity contribution in [2.45, 2.75) is 19.9 Å². The number of H-pyrrole nitrogens is 1. The van der Waals surface area contributed by atoms with E-state index in [2.05, 4.69) is 32.3 Å². The van der Waals surface area contributed by atoms with Crippen LogP contribution in [0.3, 0.4) is 0 Å². The topological polar surface area (TPSA) is 56.8 Å². The standard InChI is InChI=1S/C14H18FN5/c1-9-4-3-5-11(12(9)15)13-17-14(19-18-13)20-7-6-16-10(2)8-20/h3-5,10,16H,6-8H2,1-2H3,(H,17,18,19)/t10-/m1/s1. The van der Waals surface area contributed by atoms with Crippen LogP contribution in [-0.4, -0.2) is 40.9 Å². The summed E-state index contributed by atoms with van der Waals surface area (Å²) in [6, 6.07) is 5.69. The van der Waals surface area contributed by atoms with Gasteiger partial charge in [0.05, 0.1) is 5.56 Å². The maximum atomic E-state index is 14.1. The van der Waals surface area contributed by atoms with Crippen LogP contribution in [0.4, 0.5) is 10.3 Å². The first kappa shape index (κ1) is 13.1. The van der Waals surface area contributed by atoms with E-state index in [-0.39, 0.29) is 5.82 Å². The van der Waals surface area contributed by atoms with Gasteiger partial charge in [0, 0.05) is 25.7 Å². The summed E-state index contributed by atoms with van der Waals surface area (Å²) < 4.78 is 14.1. The molecule has 1 saturated heterocycles. The monoisotopic (exact) mass is 275 g/mol. The SMILES string of the molecule is Cc1cccc(-c2nc(N3CCN[C@H](C)C3)n[nH]2)c1F. The molecule has 2 N–H and O–H groups in total. The van der Waals surface area contributed by atoms with Gasteiger partial charge in [0.2, 0.25) is 5.95 Å². The van der Waals surface area contributed by atoms with Crippen molar-refractivity contribution in [3.8, 4) is 11.4 Å². The van der Waals surface area contributed by atoms with E-state index in [1.54, 1.807) is 19.1 Å². The maximum Gasteiger partial charge on any atom is 0.245 e. The molecule has 0 saturated carbocycles. The van der Waals surface area contributed by atoms with Crippen LogP contribution in [0.25, 0.3) is 11.4 Å². The van der Waals surface area contributed by atoms with Gasteiger partial charge in [0.15, 0.2) is 5.82 Å². The fraction of sp³-hybridized carbons (Fsp3) is 0.429. The van der Waals surface area contributed by atoms with E-state index < -0.39 is 0 Å². The molecular formula is C14H18FN5. The molecule has 0 aliphatic carbocycles. The highest BCUT2D eigenvalue weighted by molar-refractivity contribution is 5.58. The highest BCUT2D eigenvalue weighted by Crippen LogP contribution is 2.23. The van der Waals surface area contributed by atoms with Gasteiger partial charge in [-0.1, -0.05) is 12.1 Å². The minimum absolute atomic E-state index is 0.246. The molecule has 2 heterocycles. The van der Waals surface area contributed by atoms with E-state index in [9.17, 15) is 4.39 Å². The highest BCUT2D eigenvalue weighted by atomic mass is 19.1. The number of aromatic amines is 1. The van der Waals surface area contributed by atoms with Crippen molar-refractivity contribution in [2.24, 2.45) is 0 Å². The first-order valence-corrected chi connectivity index (χ1v) is 6.81. The summed E-state index contributed by atoms with van der Waals surface area (Å²) in [6.07, 6.45) is 0. The molecule has 0 spiro atoms. The van der Waals surface area contributed by atoms with Crippen LogP contribution in [0.1, 0.15) is 12.5 Å². The Morgan fingerprint density at radius 3 is 3.05 bits per heavy atom. The summed E-state index contributed by atoms with van der Waals surface area (Å²) in [4.78, 5) is 6.54. The van der Waals surface area contributed by atoms with Gasteiger partial charge in [-0.2, -0.15) is 4.98 Å². The minimum Gasteiger partial charge on any atom is -0.337 e. The highest BCUT2D eigenvalue weighted by Gasteiger charge is 2.20. The average molecular weight is 275 g/mol. The van der Waals surface area contributed by atoms with Crippen molar-refractivity contribution in [1.29, 1.82) is 0 Å². The number of rotatable bonds is 2. The molecule has 1 aromatic heterocycles. The Morgan fingerprint density at radius 1 is 1.40 bits per heavy atom. The van der Waals surface area contributed by atoms with Crippen LogP contribution in [-0.2, 0) is 0 Å². The second-order valence-corrected chi connectivity index (χ2v) is 5.22. The van der Waals surface area contributed by atoms with Gasteiger partial charge < -0.3 is 10.2 Å². The second kappa shape index (κ2) is 5.20. The van der Waals surface area contributed by atoms with Crippen LogP contribution >= 0.6 is 0 Å². The number of aryl methyl sites for hydroxylation is 1. The maximum absolute atomic E-state index is 14.1. The molecule has 1 atom stereocenters. The van der Waals surface area contributed by atoms with Crippen molar-refractivity contribution in [2.75, 3.05) is 24.5 Å². The number of halogens is 1. The molecule has 20 heavy (non-hydrogen) atoms. The lowest BCUT2D eigenvalue weighted by molar-refractivity contribution is 0.480. The Hall–Kier alpha value is -1.95. The summed E-state index contributed by atoms with van der Waals surface area (Å²) in [5.74, 6) is 0.866. The molecule has 1 aliphatic rings. The lowest BCUT2D eigenvalue weighted by Crippen LogP contribution is -2.49. The number of aromatic nitrogens is 3. The predicted octanol–water partition coefficient (Wildman–Crippen LogP) is 1.72. The Morgan fingerprint density at radius 2 is 2.25 bits per heavy atom.